The molecule has 1 saturated heterocycles. The molecule has 21 heavy (non-hydrogen) atoms. The normalized spacial score (nSPS) is 17.3. The van der Waals surface area contributed by atoms with Crippen LogP contribution in [0.1, 0.15) is 6.92 Å². The van der Waals surface area contributed by atoms with E-state index in [1.165, 1.54) is 0 Å². The van der Waals surface area contributed by atoms with E-state index in [-0.39, 0.29) is 5.91 Å². The first-order valence-electron chi connectivity index (χ1n) is 6.88. The number of halogens is 1. The highest BCUT2D eigenvalue weighted by atomic mass is 35.5. The summed E-state index contributed by atoms with van der Waals surface area (Å²) in [5.74, 6) is 0.865. The van der Waals surface area contributed by atoms with Crippen LogP contribution in [0.3, 0.4) is 0 Å². The lowest BCUT2D eigenvalue weighted by atomic mass is 10.2. The molecule has 0 aromatic carbocycles. The van der Waals surface area contributed by atoms with E-state index in [1.54, 1.807) is 29.0 Å². The van der Waals surface area contributed by atoms with Crippen LogP contribution in [0.15, 0.2) is 12.5 Å². The molecule has 7 nitrogen and oxygen atoms in total. The van der Waals surface area contributed by atoms with Crippen molar-refractivity contribution in [1.29, 1.82) is 0 Å². The van der Waals surface area contributed by atoms with Crippen LogP contribution in [0.25, 0.3) is 11.0 Å². The molecule has 2 aromatic rings. The highest BCUT2D eigenvalue weighted by molar-refractivity contribution is 6.30. The number of hydrogen-bond donors (Lipinski definition) is 0. The first-order chi connectivity index (χ1) is 10.1. The lowest BCUT2D eigenvalue weighted by molar-refractivity contribution is -0.130. The molecule has 0 radical (unpaired) electrons. The smallest absolute Gasteiger partial charge is 0.240 e. The quantitative estimate of drug-likeness (QED) is 0.762. The fraction of sp³-hybridized carbons (Fsp3) is 0.538. The molecule has 0 bridgehead atoms. The maximum absolute atomic E-state index is 11.9. The fourth-order valence-electron chi connectivity index (χ4n) is 2.59. The topological polar surface area (TPSA) is 67.2 Å². The molecule has 112 valence electrons. The van der Waals surface area contributed by atoms with Crippen LogP contribution >= 0.6 is 11.6 Å². The van der Waals surface area contributed by atoms with Gasteiger partial charge >= 0.3 is 0 Å². The molecule has 2 aromatic heterocycles. The van der Waals surface area contributed by atoms with Crippen molar-refractivity contribution in [3.8, 4) is 0 Å². The van der Waals surface area contributed by atoms with Crippen molar-refractivity contribution < 1.29 is 4.79 Å². The van der Waals surface area contributed by atoms with Gasteiger partial charge < -0.3 is 9.80 Å². The van der Waals surface area contributed by atoms with E-state index < -0.39 is 5.38 Å². The third-order valence-corrected chi connectivity index (χ3v) is 3.93. The van der Waals surface area contributed by atoms with E-state index >= 15 is 0 Å². The third kappa shape index (κ3) is 2.53. The van der Waals surface area contributed by atoms with Crippen molar-refractivity contribution in [2.75, 3.05) is 31.1 Å². The summed E-state index contributed by atoms with van der Waals surface area (Å²) in [7, 11) is 1.86. The fourth-order valence-corrected chi connectivity index (χ4v) is 2.73. The Morgan fingerprint density at radius 3 is 2.67 bits per heavy atom. The number of amides is 1. The predicted octanol–water partition coefficient (Wildman–Crippen LogP) is 0.639. The second kappa shape index (κ2) is 5.48. The number of fused-ring (bicyclic) bond motifs is 1. The Bertz CT molecular complexity index is 662. The SMILES string of the molecule is CC(Cl)C(=O)N1CCN(c2ncnc3c2cnn3C)CC1. The lowest BCUT2D eigenvalue weighted by Crippen LogP contribution is -2.50. The molecule has 1 aliphatic rings. The number of aromatic nitrogens is 4. The number of nitrogens with zero attached hydrogens (tertiary/aromatic N) is 6. The molecule has 3 rings (SSSR count). The maximum Gasteiger partial charge on any atom is 0.240 e. The molecule has 0 N–H and O–H groups in total. The summed E-state index contributed by atoms with van der Waals surface area (Å²) in [5, 5.41) is 4.69. The summed E-state index contributed by atoms with van der Waals surface area (Å²) in [5.41, 5.74) is 0.813. The van der Waals surface area contributed by atoms with Crippen molar-refractivity contribution in [1.82, 2.24) is 24.6 Å². The van der Waals surface area contributed by atoms with Gasteiger partial charge in [-0.2, -0.15) is 5.10 Å². The summed E-state index contributed by atoms with van der Waals surface area (Å²) >= 11 is 5.86. The molecule has 0 spiro atoms. The van der Waals surface area contributed by atoms with Crippen LogP contribution in [-0.2, 0) is 11.8 Å². The van der Waals surface area contributed by atoms with Crippen LogP contribution in [0.5, 0.6) is 0 Å². The number of alkyl halides is 1. The summed E-state index contributed by atoms with van der Waals surface area (Å²) in [6.07, 6.45) is 3.33. The van der Waals surface area contributed by atoms with Gasteiger partial charge in [0.15, 0.2) is 5.65 Å². The Balaban J connectivity index is 1.79. The van der Waals surface area contributed by atoms with Gasteiger partial charge in [0.2, 0.25) is 5.91 Å². The van der Waals surface area contributed by atoms with Gasteiger partial charge in [-0.25, -0.2) is 9.97 Å². The van der Waals surface area contributed by atoms with Crippen LogP contribution in [0, 0.1) is 0 Å². The van der Waals surface area contributed by atoms with Crippen molar-refractivity contribution in [2.45, 2.75) is 12.3 Å². The summed E-state index contributed by atoms with van der Waals surface area (Å²) in [6, 6.07) is 0. The van der Waals surface area contributed by atoms with Crippen LogP contribution in [0.2, 0.25) is 0 Å². The zero-order valence-corrected chi connectivity index (χ0v) is 12.8. The monoisotopic (exact) mass is 308 g/mol. The molecule has 1 fully saturated rings. The molecule has 1 amide bonds. The van der Waals surface area contributed by atoms with Crippen LogP contribution in [-0.4, -0.2) is 62.1 Å². The third-order valence-electron chi connectivity index (χ3n) is 3.74. The first kappa shape index (κ1) is 14.1. The Morgan fingerprint density at radius 2 is 2.00 bits per heavy atom. The second-order valence-corrected chi connectivity index (χ2v) is 5.79. The number of carbonyl (C=O) groups excluding carboxylic acids is 1. The second-order valence-electron chi connectivity index (χ2n) is 5.13. The molecule has 8 heteroatoms. The Kier molecular flexibility index (Phi) is 3.67. The summed E-state index contributed by atoms with van der Waals surface area (Å²) in [6.45, 7) is 4.48. The molecule has 1 aliphatic heterocycles. The van der Waals surface area contributed by atoms with Gasteiger partial charge in [-0.15, -0.1) is 11.6 Å². The van der Waals surface area contributed by atoms with Gasteiger partial charge in [0.25, 0.3) is 0 Å². The number of aryl methyl sites for hydroxylation is 1. The van der Waals surface area contributed by atoms with Gasteiger partial charge in [-0.1, -0.05) is 0 Å². The van der Waals surface area contributed by atoms with Crippen LogP contribution < -0.4 is 4.90 Å². The lowest BCUT2D eigenvalue weighted by Gasteiger charge is -2.36. The van der Waals surface area contributed by atoms with Crippen molar-refractivity contribution in [2.24, 2.45) is 7.05 Å². The van der Waals surface area contributed by atoms with Crippen molar-refractivity contribution in [3.05, 3.63) is 12.5 Å². The van der Waals surface area contributed by atoms with Gasteiger partial charge in [-0.3, -0.25) is 9.48 Å². The average molecular weight is 309 g/mol. The highest BCUT2D eigenvalue weighted by Gasteiger charge is 2.25. The predicted molar refractivity (Wildman–Crippen MR) is 80.4 cm³/mol. The Hall–Kier alpha value is -1.89. The summed E-state index contributed by atoms with van der Waals surface area (Å²) in [4.78, 5) is 24.5. The molecule has 0 aliphatic carbocycles. The van der Waals surface area contributed by atoms with Crippen molar-refractivity contribution >= 4 is 34.4 Å². The standard InChI is InChI=1S/C13H17ClN6O/c1-9(14)13(21)20-5-3-19(4-6-20)12-10-7-17-18(2)11(10)15-8-16-12/h7-9H,3-6H2,1-2H3. The molecular formula is C13H17ClN6O. The number of carbonyl (C=O) groups is 1. The summed E-state index contributed by atoms with van der Waals surface area (Å²) < 4.78 is 1.73. The molecule has 0 saturated carbocycles. The van der Waals surface area contributed by atoms with Gasteiger partial charge in [0, 0.05) is 33.2 Å². The molecule has 1 unspecified atom stereocenters. The minimum absolute atomic E-state index is 0.00877. The number of hydrogen-bond acceptors (Lipinski definition) is 5. The maximum atomic E-state index is 11.9. The van der Waals surface area contributed by atoms with Gasteiger partial charge in [0.05, 0.1) is 11.6 Å². The zero-order chi connectivity index (χ0) is 15.0. The van der Waals surface area contributed by atoms with E-state index in [0.29, 0.717) is 13.1 Å². The van der Waals surface area contributed by atoms with E-state index in [0.717, 1.165) is 29.9 Å². The Morgan fingerprint density at radius 1 is 1.29 bits per heavy atom. The highest BCUT2D eigenvalue weighted by Crippen LogP contribution is 2.23. The molecule has 3 heterocycles. The minimum Gasteiger partial charge on any atom is -0.352 e. The van der Waals surface area contributed by atoms with Crippen molar-refractivity contribution in [3.63, 3.8) is 0 Å². The van der Waals surface area contributed by atoms with E-state index in [4.69, 9.17) is 11.6 Å². The largest absolute Gasteiger partial charge is 0.352 e. The molecule has 1 atom stereocenters. The first-order valence-corrected chi connectivity index (χ1v) is 7.32. The molecular weight excluding hydrogens is 292 g/mol. The van der Waals surface area contributed by atoms with E-state index in [2.05, 4.69) is 20.0 Å². The average Bonchev–Trinajstić information content (AvgIpc) is 2.88. The number of piperazine rings is 1. The van der Waals surface area contributed by atoms with Gasteiger partial charge in [-0.05, 0) is 6.92 Å². The number of rotatable bonds is 2. The Labute approximate surface area is 127 Å². The zero-order valence-electron chi connectivity index (χ0n) is 12.0. The van der Waals surface area contributed by atoms with Crippen LogP contribution in [0.4, 0.5) is 5.82 Å². The van der Waals surface area contributed by atoms with E-state index in [9.17, 15) is 4.79 Å². The van der Waals surface area contributed by atoms with E-state index in [1.807, 2.05) is 7.05 Å². The minimum atomic E-state index is -0.472. The van der Waals surface area contributed by atoms with Gasteiger partial charge in [0.1, 0.15) is 17.5 Å². The number of anilines is 1.